The first-order chi connectivity index (χ1) is 22.2. The first-order valence-electron chi connectivity index (χ1n) is 16.8. The van der Waals surface area contributed by atoms with E-state index in [0.29, 0.717) is 24.8 Å². The third-order valence-electron chi connectivity index (χ3n) is 11.7. The molecule has 256 valence electrons. The van der Waals surface area contributed by atoms with Crippen LogP contribution in [0.15, 0.2) is 35.9 Å². The third kappa shape index (κ3) is 6.61. The van der Waals surface area contributed by atoms with E-state index in [4.69, 9.17) is 9.47 Å². The highest BCUT2D eigenvalue weighted by molar-refractivity contribution is 5.92. The number of Topliss-reactive ketones (excluding diaryl/α,β-unsaturated/α-hetero) is 1. The summed E-state index contributed by atoms with van der Waals surface area (Å²) in [5.74, 6) is -2.40. The number of esters is 2. The summed E-state index contributed by atoms with van der Waals surface area (Å²) in [4.78, 5) is 63.4. The zero-order valence-electron chi connectivity index (χ0n) is 27.5. The maximum Gasteiger partial charge on any atom is 0.328 e. The van der Waals surface area contributed by atoms with Crippen LogP contribution in [-0.4, -0.2) is 75.7 Å². The zero-order chi connectivity index (χ0) is 34.1. The minimum absolute atomic E-state index is 0.00540. The summed E-state index contributed by atoms with van der Waals surface area (Å²) < 4.78 is 10.3. The number of ketones is 2. The molecule has 0 heterocycles. The van der Waals surface area contributed by atoms with Gasteiger partial charge in [-0.15, -0.1) is 0 Å². The zero-order valence-corrected chi connectivity index (χ0v) is 27.5. The van der Waals surface area contributed by atoms with Gasteiger partial charge in [0.1, 0.15) is 17.4 Å². The van der Waals surface area contributed by atoms with E-state index in [1.165, 1.54) is 12.1 Å². The number of rotatable bonds is 11. The van der Waals surface area contributed by atoms with Gasteiger partial charge in [0.2, 0.25) is 11.7 Å². The molecule has 1 aromatic rings. The summed E-state index contributed by atoms with van der Waals surface area (Å²) in [5, 5.41) is 35.5. The maximum absolute atomic E-state index is 13.5. The first kappa shape index (κ1) is 34.8. The minimum atomic E-state index is -1.78. The van der Waals surface area contributed by atoms with E-state index in [0.717, 1.165) is 18.4 Å². The highest BCUT2D eigenvalue weighted by Gasteiger charge is 2.68. The second kappa shape index (κ2) is 13.5. The highest BCUT2D eigenvalue weighted by Crippen LogP contribution is 2.67. The van der Waals surface area contributed by atoms with Crippen LogP contribution in [-0.2, 0) is 39.9 Å². The number of amides is 1. The quantitative estimate of drug-likeness (QED) is 0.260. The van der Waals surface area contributed by atoms with Crippen LogP contribution < -0.4 is 5.32 Å². The number of allylic oxidation sites excluding steroid dienone is 1. The van der Waals surface area contributed by atoms with Gasteiger partial charge in [-0.25, -0.2) is 4.79 Å². The van der Waals surface area contributed by atoms with Gasteiger partial charge >= 0.3 is 11.9 Å². The summed E-state index contributed by atoms with van der Waals surface area (Å²) in [5.41, 5.74) is -1.17. The van der Waals surface area contributed by atoms with E-state index in [2.05, 4.69) is 12.2 Å². The van der Waals surface area contributed by atoms with Crippen molar-refractivity contribution in [1.29, 1.82) is 0 Å². The number of aliphatic hydroxyl groups excluding tert-OH is 1. The van der Waals surface area contributed by atoms with Crippen molar-refractivity contribution < 1.29 is 48.8 Å². The Labute approximate surface area is 275 Å². The molecule has 4 aliphatic carbocycles. The van der Waals surface area contributed by atoms with Crippen LogP contribution in [0.3, 0.4) is 0 Å². The Morgan fingerprint density at radius 3 is 2.45 bits per heavy atom. The number of nitrogens with one attached hydrogen (secondary N) is 1. The van der Waals surface area contributed by atoms with Gasteiger partial charge in [-0.1, -0.05) is 31.6 Å². The predicted molar refractivity (Wildman–Crippen MR) is 169 cm³/mol. The van der Waals surface area contributed by atoms with Crippen molar-refractivity contribution in [3.8, 4) is 5.75 Å². The molecule has 0 bridgehead atoms. The van der Waals surface area contributed by atoms with Crippen molar-refractivity contribution in [2.45, 2.75) is 103 Å². The average Bonchev–Trinajstić information content (AvgIpc) is 3.30. The lowest BCUT2D eigenvalue weighted by Crippen LogP contribution is -2.62. The number of carbonyl (C=O) groups is 5. The van der Waals surface area contributed by atoms with Gasteiger partial charge in [0.05, 0.1) is 19.1 Å². The number of hydrogen-bond acceptors (Lipinski definition) is 10. The molecule has 8 unspecified atom stereocenters. The Balaban J connectivity index is 1.16. The van der Waals surface area contributed by atoms with Crippen LogP contribution in [0.5, 0.6) is 5.75 Å². The average molecular weight is 654 g/mol. The summed E-state index contributed by atoms with van der Waals surface area (Å²) in [7, 11) is 0. The van der Waals surface area contributed by atoms with Crippen molar-refractivity contribution in [2.75, 3.05) is 13.2 Å². The molecule has 11 heteroatoms. The third-order valence-corrected chi connectivity index (χ3v) is 11.7. The van der Waals surface area contributed by atoms with Gasteiger partial charge in [0.25, 0.3) is 0 Å². The predicted octanol–water partition coefficient (Wildman–Crippen LogP) is 3.11. The molecule has 1 aromatic carbocycles. The van der Waals surface area contributed by atoms with Gasteiger partial charge in [-0.2, -0.15) is 0 Å². The summed E-state index contributed by atoms with van der Waals surface area (Å²) in [6, 6.07) is 5.18. The molecule has 11 nitrogen and oxygen atoms in total. The Hall–Kier alpha value is -3.57. The summed E-state index contributed by atoms with van der Waals surface area (Å²) in [6.45, 7) is 5.13. The number of fused-ring (bicyclic) bond motifs is 5. The van der Waals surface area contributed by atoms with Gasteiger partial charge < -0.3 is 30.1 Å². The van der Waals surface area contributed by atoms with Crippen LogP contribution in [0.2, 0.25) is 0 Å². The number of aliphatic hydroxyl groups is 2. The van der Waals surface area contributed by atoms with E-state index < -0.39 is 53.4 Å². The van der Waals surface area contributed by atoms with E-state index >= 15 is 0 Å². The van der Waals surface area contributed by atoms with E-state index in [9.17, 15) is 39.3 Å². The van der Waals surface area contributed by atoms with Crippen LogP contribution >= 0.6 is 0 Å². The smallest absolute Gasteiger partial charge is 0.328 e. The molecule has 0 spiro atoms. The van der Waals surface area contributed by atoms with Gasteiger partial charge in [0.15, 0.2) is 12.4 Å². The number of hydrogen-bond donors (Lipinski definition) is 4. The minimum Gasteiger partial charge on any atom is -0.508 e. The van der Waals surface area contributed by atoms with E-state index in [-0.39, 0.29) is 73.4 Å². The molecular weight excluding hydrogens is 606 g/mol. The van der Waals surface area contributed by atoms with E-state index in [1.54, 1.807) is 25.1 Å². The Bertz CT molecular complexity index is 1440. The normalized spacial score (nSPS) is 33.4. The molecule has 0 radical (unpaired) electrons. The molecule has 3 fully saturated rings. The molecular formula is C36H47NO10. The molecule has 1 amide bonds. The van der Waals surface area contributed by atoms with Crippen LogP contribution in [0.25, 0.3) is 0 Å². The molecule has 0 saturated heterocycles. The van der Waals surface area contributed by atoms with Crippen LogP contribution in [0.1, 0.15) is 84.1 Å². The fourth-order valence-electron chi connectivity index (χ4n) is 9.27. The van der Waals surface area contributed by atoms with Gasteiger partial charge in [-0.3, -0.25) is 19.2 Å². The molecule has 3 saturated carbocycles. The Morgan fingerprint density at radius 2 is 1.74 bits per heavy atom. The molecule has 47 heavy (non-hydrogen) atoms. The number of benzene rings is 1. The molecule has 0 aromatic heterocycles. The lowest BCUT2D eigenvalue weighted by atomic mass is 9.45. The van der Waals surface area contributed by atoms with Crippen LogP contribution in [0.4, 0.5) is 0 Å². The number of carbonyl (C=O) groups excluding carboxylic acids is 5. The lowest BCUT2D eigenvalue weighted by molar-refractivity contribution is -0.184. The number of phenolic OH excluding ortho intramolecular Hbond substituents is 1. The Kier molecular flexibility index (Phi) is 9.99. The second-order valence-corrected chi connectivity index (χ2v) is 14.3. The molecule has 8 atom stereocenters. The summed E-state index contributed by atoms with van der Waals surface area (Å²) >= 11 is 0. The SMILES string of the molecule is CCOC(=O)C(Cc1ccc(O)cc1)NC(=O)CCC(=O)OCC(=O)C1(O)CCC2C3CCC4=CC(=O)CCC4(C)C3C(O)CC21C. The summed E-state index contributed by atoms with van der Waals surface area (Å²) in [6.07, 6.45) is 4.24. The fraction of sp³-hybridized carbons (Fsp3) is 0.639. The van der Waals surface area contributed by atoms with Crippen molar-refractivity contribution in [1.82, 2.24) is 5.32 Å². The van der Waals surface area contributed by atoms with Crippen molar-refractivity contribution in [3.05, 3.63) is 41.5 Å². The largest absolute Gasteiger partial charge is 0.508 e. The topological polar surface area (TPSA) is 177 Å². The van der Waals surface area contributed by atoms with Gasteiger partial charge in [-0.05, 0) is 92.4 Å². The monoisotopic (exact) mass is 653 g/mol. The molecule has 4 N–H and O–H groups in total. The standard InChI is InChI=1S/C36H47NO10/c1-4-46-33(44)27(17-21-5-8-23(38)9-6-21)37-30(42)11-12-31(43)47-20-29(41)36(45)16-14-26-25-10-7-22-18-24(39)13-15-34(22,2)32(25)28(40)19-35(26,36)3/h5-6,8-9,18,25-28,32,38,40,45H,4,7,10-17,19-20H2,1-3H3,(H,37,42). The highest BCUT2D eigenvalue weighted by atomic mass is 16.5. The maximum atomic E-state index is 13.5. The first-order valence-corrected chi connectivity index (χ1v) is 16.8. The van der Waals surface area contributed by atoms with Crippen molar-refractivity contribution in [2.24, 2.45) is 28.6 Å². The Morgan fingerprint density at radius 1 is 1.02 bits per heavy atom. The van der Waals surface area contributed by atoms with Crippen molar-refractivity contribution >= 4 is 29.4 Å². The second-order valence-electron chi connectivity index (χ2n) is 14.3. The molecule has 0 aliphatic heterocycles. The number of phenols is 1. The molecule has 4 aliphatic rings. The van der Waals surface area contributed by atoms with E-state index in [1.807, 2.05) is 6.92 Å². The molecule has 5 rings (SSSR count). The number of ether oxygens (including phenoxy) is 2. The van der Waals surface area contributed by atoms with Crippen molar-refractivity contribution in [3.63, 3.8) is 0 Å². The lowest BCUT2D eigenvalue weighted by Gasteiger charge is -2.60. The number of aromatic hydroxyl groups is 1. The van der Waals surface area contributed by atoms with Gasteiger partial charge in [0, 0.05) is 24.7 Å². The fourth-order valence-corrected chi connectivity index (χ4v) is 9.27. The van der Waals surface area contributed by atoms with Crippen LogP contribution in [0, 0.1) is 28.6 Å².